The molecule has 0 aliphatic carbocycles. The number of hydrogen-bond acceptors (Lipinski definition) is 6. The Kier molecular flexibility index (Phi) is 5.05. The van der Waals surface area contributed by atoms with Gasteiger partial charge in [0.05, 0.1) is 5.75 Å². The molecule has 0 radical (unpaired) electrons. The second-order valence-corrected chi connectivity index (χ2v) is 5.72. The van der Waals surface area contributed by atoms with Crippen molar-refractivity contribution in [2.45, 2.75) is 5.16 Å². The summed E-state index contributed by atoms with van der Waals surface area (Å²) in [6.07, 6.45) is 0. The fraction of sp³-hybridized carbons (Fsp3) is 0.214. The second kappa shape index (κ2) is 6.99. The molecule has 4 N–H and O–H groups in total. The van der Waals surface area contributed by atoms with Crippen LogP contribution < -0.4 is 21.5 Å². The number of nitrogens with one attached hydrogen (secondary N) is 2. The van der Waals surface area contributed by atoms with Crippen molar-refractivity contribution < 1.29 is 4.79 Å². The first-order valence-electron chi connectivity index (χ1n) is 6.51. The van der Waals surface area contributed by atoms with Crippen LogP contribution in [0, 0.1) is 0 Å². The number of carbonyl (C=O) groups excluding carboxylic acids is 1. The maximum absolute atomic E-state index is 11.9. The van der Waals surface area contributed by atoms with Gasteiger partial charge in [0.1, 0.15) is 5.82 Å². The molecular formula is C14H17N5O2S. The first-order valence-corrected chi connectivity index (χ1v) is 7.49. The van der Waals surface area contributed by atoms with Gasteiger partial charge < -0.3 is 20.9 Å². The highest BCUT2D eigenvalue weighted by Crippen LogP contribution is 2.17. The van der Waals surface area contributed by atoms with Crippen molar-refractivity contribution in [1.82, 2.24) is 9.97 Å². The minimum Gasteiger partial charge on any atom is -0.383 e. The monoisotopic (exact) mass is 319 g/mol. The highest BCUT2D eigenvalue weighted by molar-refractivity contribution is 7.99. The molecule has 0 aliphatic rings. The number of aromatic amines is 1. The van der Waals surface area contributed by atoms with Crippen LogP contribution in [0.2, 0.25) is 0 Å². The van der Waals surface area contributed by atoms with Crippen LogP contribution in [-0.4, -0.2) is 35.7 Å². The molecule has 1 aromatic heterocycles. The van der Waals surface area contributed by atoms with E-state index in [0.717, 1.165) is 17.4 Å². The predicted octanol–water partition coefficient (Wildman–Crippen LogP) is 1.15. The lowest BCUT2D eigenvalue weighted by atomic mass is 10.2. The fourth-order valence-corrected chi connectivity index (χ4v) is 2.38. The number of carbonyl (C=O) groups is 1. The summed E-state index contributed by atoms with van der Waals surface area (Å²) in [6, 6.07) is 8.69. The molecule has 7 nitrogen and oxygen atoms in total. The van der Waals surface area contributed by atoms with E-state index in [1.807, 2.05) is 43.3 Å². The molecule has 1 heterocycles. The van der Waals surface area contributed by atoms with E-state index < -0.39 is 0 Å². The Bertz CT molecular complexity index is 712. The van der Waals surface area contributed by atoms with Gasteiger partial charge in [0.25, 0.3) is 5.56 Å². The summed E-state index contributed by atoms with van der Waals surface area (Å²) in [5, 5.41) is 3.10. The molecule has 1 aromatic carbocycles. The lowest BCUT2D eigenvalue weighted by Gasteiger charge is -2.13. The SMILES string of the molecule is CN(C)c1ccc(NC(=O)CSc2nc(N)cc(=O)[nH]2)cc1. The summed E-state index contributed by atoms with van der Waals surface area (Å²) in [5.74, 6) is 0.0700. The molecular weight excluding hydrogens is 302 g/mol. The number of aromatic nitrogens is 2. The molecule has 0 unspecified atom stereocenters. The number of hydrogen-bond donors (Lipinski definition) is 3. The van der Waals surface area contributed by atoms with Crippen LogP contribution in [0.15, 0.2) is 40.3 Å². The zero-order valence-electron chi connectivity index (χ0n) is 12.3. The molecule has 0 atom stereocenters. The van der Waals surface area contributed by atoms with E-state index in [9.17, 15) is 9.59 Å². The number of nitrogens with two attached hydrogens (primary N) is 1. The van der Waals surface area contributed by atoms with Crippen LogP contribution in [0.5, 0.6) is 0 Å². The quantitative estimate of drug-likeness (QED) is 0.564. The molecule has 2 aromatic rings. The van der Waals surface area contributed by atoms with Gasteiger partial charge in [0.2, 0.25) is 5.91 Å². The van der Waals surface area contributed by atoms with Gasteiger partial charge >= 0.3 is 0 Å². The number of nitrogens with zero attached hydrogens (tertiary/aromatic N) is 2. The van der Waals surface area contributed by atoms with Crippen molar-refractivity contribution in [3.05, 3.63) is 40.7 Å². The third kappa shape index (κ3) is 4.52. The fourth-order valence-electron chi connectivity index (χ4n) is 1.70. The average molecular weight is 319 g/mol. The zero-order valence-corrected chi connectivity index (χ0v) is 13.1. The van der Waals surface area contributed by atoms with E-state index in [0.29, 0.717) is 10.8 Å². The molecule has 0 fully saturated rings. The molecule has 0 spiro atoms. The first-order chi connectivity index (χ1) is 10.4. The summed E-state index contributed by atoms with van der Waals surface area (Å²) in [7, 11) is 3.90. The molecule has 116 valence electrons. The van der Waals surface area contributed by atoms with E-state index in [1.165, 1.54) is 6.07 Å². The van der Waals surface area contributed by atoms with Gasteiger partial charge in [0.15, 0.2) is 5.16 Å². The first kappa shape index (κ1) is 15.9. The Morgan fingerprint density at radius 1 is 1.36 bits per heavy atom. The molecule has 0 saturated carbocycles. The summed E-state index contributed by atoms with van der Waals surface area (Å²) >= 11 is 1.12. The van der Waals surface area contributed by atoms with Crippen molar-refractivity contribution in [3.63, 3.8) is 0 Å². The number of amides is 1. The molecule has 2 rings (SSSR count). The zero-order chi connectivity index (χ0) is 16.1. The third-order valence-electron chi connectivity index (χ3n) is 2.75. The average Bonchev–Trinajstić information content (AvgIpc) is 2.45. The number of thioether (sulfide) groups is 1. The topological polar surface area (TPSA) is 104 Å². The van der Waals surface area contributed by atoms with Crippen molar-refractivity contribution in [2.75, 3.05) is 35.8 Å². The van der Waals surface area contributed by atoms with Gasteiger partial charge in [-0.2, -0.15) is 0 Å². The summed E-state index contributed by atoms with van der Waals surface area (Å²) in [6.45, 7) is 0. The van der Waals surface area contributed by atoms with E-state index in [4.69, 9.17) is 5.73 Å². The summed E-state index contributed by atoms with van der Waals surface area (Å²) < 4.78 is 0. The van der Waals surface area contributed by atoms with Gasteiger partial charge in [0, 0.05) is 31.5 Å². The standard InChI is InChI=1S/C14H17N5O2S/c1-19(2)10-5-3-9(4-6-10)16-13(21)8-22-14-17-11(15)7-12(20)18-14/h3-7H,8H2,1-2H3,(H,16,21)(H3,15,17,18,20). The Hall–Kier alpha value is -2.48. The largest absolute Gasteiger partial charge is 0.383 e. The lowest BCUT2D eigenvalue weighted by molar-refractivity contribution is -0.113. The highest BCUT2D eigenvalue weighted by Gasteiger charge is 2.06. The molecule has 8 heteroatoms. The molecule has 0 bridgehead atoms. The predicted molar refractivity (Wildman–Crippen MR) is 89.4 cm³/mol. The van der Waals surface area contributed by atoms with Crippen molar-refractivity contribution in [3.8, 4) is 0 Å². The molecule has 0 saturated heterocycles. The number of benzene rings is 1. The summed E-state index contributed by atoms with van der Waals surface area (Å²) in [5.41, 5.74) is 6.90. The lowest BCUT2D eigenvalue weighted by Crippen LogP contribution is -2.16. The smallest absolute Gasteiger partial charge is 0.253 e. The Balaban J connectivity index is 1.91. The number of nitrogen functional groups attached to an aromatic ring is 1. The Morgan fingerprint density at radius 2 is 2.05 bits per heavy atom. The molecule has 0 aliphatic heterocycles. The Labute approximate surface area is 131 Å². The van der Waals surface area contributed by atoms with Crippen molar-refractivity contribution in [2.24, 2.45) is 0 Å². The summed E-state index contributed by atoms with van der Waals surface area (Å²) in [4.78, 5) is 31.6. The number of anilines is 3. The van der Waals surface area contributed by atoms with Crippen LogP contribution in [-0.2, 0) is 4.79 Å². The van der Waals surface area contributed by atoms with Gasteiger partial charge in [-0.25, -0.2) is 4.98 Å². The number of H-pyrrole nitrogens is 1. The number of rotatable bonds is 5. The van der Waals surface area contributed by atoms with E-state index in [1.54, 1.807) is 0 Å². The van der Waals surface area contributed by atoms with Gasteiger partial charge in [-0.05, 0) is 24.3 Å². The van der Waals surface area contributed by atoms with E-state index in [-0.39, 0.29) is 23.0 Å². The minimum absolute atomic E-state index is 0.127. The van der Waals surface area contributed by atoms with Crippen LogP contribution in [0.25, 0.3) is 0 Å². The molecule has 1 amide bonds. The molecule has 22 heavy (non-hydrogen) atoms. The Morgan fingerprint density at radius 3 is 2.64 bits per heavy atom. The van der Waals surface area contributed by atoms with E-state index in [2.05, 4.69) is 15.3 Å². The third-order valence-corrected chi connectivity index (χ3v) is 3.62. The van der Waals surface area contributed by atoms with Crippen LogP contribution in [0.3, 0.4) is 0 Å². The van der Waals surface area contributed by atoms with E-state index >= 15 is 0 Å². The van der Waals surface area contributed by atoms with Gasteiger partial charge in [-0.3, -0.25) is 9.59 Å². The van der Waals surface area contributed by atoms with Crippen molar-refractivity contribution >= 4 is 34.9 Å². The maximum atomic E-state index is 11.9. The van der Waals surface area contributed by atoms with Gasteiger partial charge in [-0.1, -0.05) is 11.8 Å². The van der Waals surface area contributed by atoms with Crippen LogP contribution >= 0.6 is 11.8 Å². The highest BCUT2D eigenvalue weighted by atomic mass is 32.2. The maximum Gasteiger partial charge on any atom is 0.253 e. The second-order valence-electron chi connectivity index (χ2n) is 4.75. The van der Waals surface area contributed by atoms with Crippen LogP contribution in [0.1, 0.15) is 0 Å². The normalized spacial score (nSPS) is 10.3. The van der Waals surface area contributed by atoms with Gasteiger partial charge in [-0.15, -0.1) is 0 Å². The van der Waals surface area contributed by atoms with Crippen LogP contribution in [0.4, 0.5) is 17.2 Å². The minimum atomic E-state index is -0.338. The van der Waals surface area contributed by atoms with Crippen molar-refractivity contribution in [1.29, 1.82) is 0 Å².